The van der Waals surface area contributed by atoms with Gasteiger partial charge in [0.1, 0.15) is 0 Å². The van der Waals surface area contributed by atoms with Gasteiger partial charge in [-0.1, -0.05) is 19.1 Å². The molecule has 0 saturated heterocycles. The molecule has 0 heterocycles. The van der Waals surface area contributed by atoms with E-state index in [1.807, 2.05) is 20.8 Å². The number of aliphatic hydroxyl groups excluding tert-OH is 1. The highest BCUT2D eigenvalue weighted by molar-refractivity contribution is 7.89. The van der Waals surface area contributed by atoms with E-state index in [4.69, 9.17) is 0 Å². The first-order valence-electron chi connectivity index (χ1n) is 6.10. The number of hydrogen-bond donors (Lipinski definition) is 1. The van der Waals surface area contributed by atoms with Crippen LogP contribution in [0.5, 0.6) is 0 Å². The Hall–Kier alpha value is -0.910. The predicted molar refractivity (Wildman–Crippen MR) is 71.8 cm³/mol. The van der Waals surface area contributed by atoms with Gasteiger partial charge < -0.3 is 5.11 Å². The minimum absolute atomic E-state index is 0.0727. The Balaban J connectivity index is 3.12. The SMILES string of the molecule is CCN(C(C)C)S(=O)(=O)c1ccc(C(C)O)cc1. The first-order chi connectivity index (χ1) is 8.30. The highest BCUT2D eigenvalue weighted by atomic mass is 32.2. The van der Waals surface area contributed by atoms with Crippen LogP contribution in [0, 0.1) is 0 Å². The molecule has 18 heavy (non-hydrogen) atoms. The Morgan fingerprint density at radius 2 is 1.67 bits per heavy atom. The molecule has 1 rings (SSSR count). The lowest BCUT2D eigenvalue weighted by atomic mass is 10.1. The van der Waals surface area contributed by atoms with Crippen LogP contribution in [0.1, 0.15) is 39.4 Å². The van der Waals surface area contributed by atoms with Crippen molar-refractivity contribution in [1.82, 2.24) is 4.31 Å². The normalized spacial score (nSPS) is 14.2. The summed E-state index contributed by atoms with van der Waals surface area (Å²) in [5.74, 6) is 0. The maximum absolute atomic E-state index is 12.3. The van der Waals surface area contributed by atoms with Crippen LogP contribution in [-0.2, 0) is 10.0 Å². The molecule has 1 aromatic carbocycles. The Kier molecular flexibility index (Phi) is 4.90. The van der Waals surface area contributed by atoms with Gasteiger partial charge >= 0.3 is 0 Å². The van der Waals surface area contributed by atoms with Crippen molar-refractivity contribution in [3.05, 3.63) is 29.8 Å². The average Bonchev–Trinajstić information content (AvgIpc) is 2.29. The molecule has 4 nitrogen and oxygen atoms in total. The molecule has 102 valence electrons. The van der Waals surface area contributed by atoms with E-state index < -0.39 is 16.1 Å². The van der Waals surface area contributed by atoms with E-state index in [0.717, 1.165) is 0 Å². The maximum Gasteiger partial charge on any atom is 0.243 e. The first kappa shape index (κ1) is 15.1. The van der Waals surface area contributed by atoms with Gasteiger partial charge in [-0.25, -0.2) is 8.42 Å². The molecule has 1 unspecified atom stereocenters. The summed E-state index contributed by atoms with van der Waals surface area (Å²) < 4.78 is 26.1. The quantitative estimate of drug-likeness (QED) is 0.893. The summed E-state index contributed by atoms with van der Waals surface area (Å²) >= 11 is 0. The first-order valence-corrected chi connectivity index (χ1v) is 7.54. The average molecular weight is 271 g/mol. The lowest BCUT2D eigenvalue weighted by Gasteiger charge is -2.24. The molecule has 1 aromatic rings. The second-order valence-electron chi connectivity index (χ2n) is 4.55. The zero-order valence-corrected chi connectivity index (χ0v) is 12.1. The second kappa shape index (κ2) is 5.82. The summed E-state index contributed by atoms with van der Waals surface area (Å²) in [7, 11) is -3.44. The number of nitrogens with zero attached hydrogens (tertiary/aromatic N) is 1. The van der Waals surface area contributed by atoms with E-state index in [1.165, 1.54) is 4.31 Å². The molecular formula is C13H21NO3S. The van der Waals surface area contributed by atoms with E-state index in [9.17, 15) is 13.5 Å². The zero-order valence-electron chi connectivity index (χ0n) is 11.3. The van der Waals surface area contributed by atoms with E-state index in [-0.39, 0.29) is 10.9 Å². The van der Waals surface area contributed by atoms with Crippen LogP contribution in [0.4, 0.5) is 0 Å². The number of benzene rings is 1. The van der Waals surface area contributed by atoms with Crippen LogP contribution in [-0.4, -0.2) is 30.4 Å². The topological polar surface area (TPSA) is 57.6 Å². The van der Waals surface area contributed by atoms with Crippen molar-refractivity contribution in [2.75, 3.05) is 6.54 Å². The zero-order chi connectivity index (χ0) is 13.9. The third-order valence-corrected chi connectivity index (χ3v) is 5.02. The van der Waals surface area contributed by atoms with Gasteiger partial charge in [0.2, 0.25) is 10.0 Å². The van der Waals surface area contributed by atoms with Gasteiger partial charge in [0.25, 0.3) is 0 Å². The molecule has 0 radical (unpaired) electrons. The summed E-state index contributed by atoms with van der Waals surface area (Å²) in [6.45, 7) is 7.62. The molecule has 0 aliphatic rings. The molecule has 0 saturated carbocycles. The van der Waals surface area contributed by atoms with Crippen molar-refractivity contribution in [1.29, 1.82) is 0 Å². The summed E-state index contributed by atoms with van der Waals surface area (Å²) in [5, 5.41) is 9.40. The van der Waals surface area contributed by atoms with Crippen LogP contribution < -0.4 is 0 Å². The van der Waals surface area contributed by atoms with Gasteiger partial charge in [-0.05, 0) is 38.5 Å². The van der Waals surface area contributed by atoms with E-state index in [1.54, 1.807) is 31.2 Å². The monoisotopic (exact) mass is 271 g/mol. The van der Waals surface area contributed by atoms with E-state index in [0.29, 0.717) is 12.1 Å². The third kappa shape index (κ3) is 3.10. The number of sulfonamides is 1. The van der Waals surface area contributed by atoms with Crippen molar-refractivity contribution in [2.24, 2.45) is 0 Å². The van der Waals surface area contributed by atoms with Crippen molar-refractivity contribution in [3.8, 4) is 0 Å². The fourth-order valence-corrected chi connectivity index (χ4v) is 3.51. The summed E-state index contributed by atoms with van der Waals surface area (Å²) in [6.07, 6.45) is -0.589. The van der Waals surface area contributed by atoms with Gasteiger partial charge in [-0.2, -0.15) is 4.31 Å². The van der Waals surface area contributed by atoms with E-state index in [2.05, 4.69) is 0 Å². The third-order valence-electron chi connectivity index (χ3n) is 2.86. The minimum Gasteiger partial charge on any atom is -0.389 e. The van der Waals surface area contributed by atoms with Crippen LogP contribution in [0.25, 0.3) is 0 Å². The smallest absolute Gasteiger partial charge is 0.243 e. The van der Waals surface area contributed by atoms with Crippen LogP contribution >= 0.6 is 0 Å². The Bertz CT molecular complexity index is 477. The van der Waals surface area contributed by atoms with Crippen molar-refractivity contribution in [2.45, 2.75) is 44.7 Å². The lowest BCUT2D eigenvalue weighted by Crippen LogP contribution is -2.36. The van der Waals surface area contributed by atoms with Crippen molar-refractivity contribution in [3.63, 3.8) is 0 Å². The highest BCUT2D eigenvalue weighted by Crippen LogP contribution is 2.20. The van der Waals surface area contributed by atoms with Gasteiger partial charge in [0, 0.05) is 12.6 Å². The van der Waals surface area contributed by atoms with Gasteiger partial charge in [-0.15, -0.1) is 0 Å². The maximum atomic E-state index is 12.3. The number of hydrogen-bond acceptors (Lipinski definition) is 3. The molecule has 1 N–H and O–H groups in total. The van der Waals surface area contributed by atoms with Crippen LogP contribution in [0.3, 0.4) is 0 Å². The summed E-state index contributed by atoms with van der Waals surface area (Å²) in [6, 6.07) is 6.30. The van der Waals surface area contributed by atoms with Gasteiger partial charge in [0.15, 0.2) is 0 Å². The fourth-order valence-electron chi connectivity index (χ4n) is 1.87. The second-order valence-corrected chi connectivity index (χ2v) is 6.44. The summed E-state index contributed by atoms with van der Waals surface area (Å²) in [4.78, 5) is 0.266. The molecule has 0 fully saturated rings. The Labute approximate surface area is 109 Å². The van der Waals surface area contributed by atoms with E-state index >= 15 is 0 Å². The fraction of sp³-hybridized carbons (Fsp3) is 0.538. The predicted octanol–water partition coefficient (Wildman–Crippen LogP) is 2.16. The largest absolute Gasteiger partial charge is 0.389 e. The molecule has 0 bridgehead atoms. The molecule has 5 heteroatoms. The standard InChI is InChI=1S/C13H21NO3S/c1-5-14(10(2)3)18(16,17)13-8-6-12(7-9-13)11(4)15/h6-11,15H,5H2,1-4H3. The number of aliphatic hydroxyl groups is 1. The minimum atomic E-state index is -3.44. The van der Waals surface area contributed by atoms with Crippen molar-refractivity contribution >= 4 is 10.0 Å². The van der Waals surface area contributed by atoms with Gasteiger partial charge in [0.05, 0.1) is 11.0 Å². The molecule has 0 aromatic heterocycles. The van der Waals surface area contributed by atoms with Gasteiger partial charge in [-0.3, -0.25) is 0 Å². The van der Waals surface area contributed by atoms with Crippen molar-refractivity contribution < 1.29 is 13.5 Å². The lowest BCUT2D eigenvalue weighted by molar-refractivity contribution is 0.199. The number of rotatable bonds is 5. The molecular weight excluding hydrogens is 250 g/mol. The molecule has 0 spiro atoms. The highest BCUT2D eigenvalue weighted by Gasteiger charge is 2.25. The Morgan fingerprint density at radius 1 is 1.17 bits per heavy atom. The van der Waals surface area contributed by atoms with Crippen LogP contribution in [0.15, 0.2) is 29.2 Å². The molecule has 1 atom stereocenters. The Morgan fingerprint density at radius 3 is 2.00 bits per heavy atom. The molecule has 0 amide bonds. The summed E-state index contributed by atoms with van der Waals surface area (Å²) in [5.41, 5.74) is 0.710. The van der Waals surface area contributed by atoms with Crippen LogP contribution in [0.2, 0.25) is 0 Å². The molecule has 0 aliphatic carbocycles. The molecule has 0 aliphatic heterocycles.